The number of aliphatic hydroxyl groups excluding tert-OH is 1. The molecule has 2 aromatic rings. The standard InChI is InChI=1S/C17H20FNO2/c1-11-9-17(14(12(2)19)10-15(11)18)21-16-6-4-3-5-13(16)7-8-20/h3-6,9-10,12,20H,7-8,19H2,1-2H3. The lowest BCUT2D eigenvalue weighted by Gasteiger charge is -2.17. The van der Waals surface area contributed by atoms with Crippen LogP contribution in [-0.4, -0.2) is 11.7 Å². The number of aliphatic hydroxyl groups is 1. The third-order valence-corrected chi connectivity index (χ3v) is 3.36. The Balaban J connectivity index is 2.41. The maximum atomic E-state index is 13.7. The molecule has 21 heavy (non-hydrogen) atoms. The van der Waals surface area contributed by atoms with Crippen LogP contribution in [-0.2, 0) is 6.42 Å². The van der Waals surface area contributed by atoms with E-state index in [-0.39, 0.29) is 18.5 Å². The van der Waals surface area contributed by atoms with Gasteiger partial charge < -0.3 is 15.6 Å². The summed E-state index contributed by atoms with van der Waals surface area (Å²) >= 11 is 0. The first-order chi connectivity index (χ1) is 10.0. The lowest BCUT2D eigenvalue weighted by molar-refractivity contribution is 0.297. The Kier molecular flexibility index (Phi) is 4.94. The fraction of sp³-hybridized carbons (Fsp3) is 0.294. The molecule has 1 unspecified atom stereocenters. The predicted molar refractivity (Wildman–Crippen MR) is 81.0 cm³/mol. The topological polar surface area (TPSA) is 55.5 Å². The van der Waals surface area contributed by atoms with E-state index in [1.165, 1.54) is 6.07 Å². The van der Waals surface area contributed by atoms with Crippen LogP contribution < -0.4 is 10.5 Å². The summed E-state index contributed by atoms with van der Waals surface area (Å²) in [5, 5.41) is 9.11. The minimum Gasteiger partial charge on any atom is -0.457 e. The Hall–Kier alpha value is -1.91. The highest BCUT2D eigenvalue weighted by molar-refractivity contribution is 5.44. The average molecular weight is 289 g/mol. The van der Waals surface area contributed by atoms with E-state index in [0.717, 1.165) is 5.56 Å². The number of hydrogen-bond donors (Lipinski definition) is 2. The molecule has 4 heteroatoms. The Morgan fingerprint density at radius 3 is 2.62 bits per heavy atom. The Morgan fingerprint density at radius 1 is 1.24 bits per heavy atom. The van der Waals surface area contributed by atoms with E-state index >= 15 is 0 Å². The zero-order chi connectivity index (χ0) is 15.4. The molecule has 0 aliphatic heterocycles. The third kappa shape index (κ3) is 3.60. The Morgan fingerprint density at radius 2 is 1.95 bits per heavy atom. The molecule has 0 saturated heterocycles. The third-order valence-electron chi connectivity index (χ3n) is 3.36. The smallest absolute Gasteiger partial charge is 0.132 e. The van der Waals surface area contributed by atoms with Crippen LogP contribution in [0.25, 0.3) is 0 Å². The van der Waals surface area contributed by atoms with E-state index in [9.17, 15) is 4.39 Å². The quantitative estimate of drug-likeness (QED) is 0.886. The highest BCUT2D eigenvalue weighted by Gasteiger charge is 2.14. The van der Waals surface area contributed by atoms with Gasteiger partial charge in [-0.3, -0.25) is 0 Å². The van der Waals surface area contributed by atoms with Crippen molar-refractivity contribution < 1.29 is 14.2 Å². The minimum absolute atomic E-state index is 0.0446. The number of halogens is 1. The van der Waals surface area contributed by atoms with Crippen molar-refractivity contribution in [2.75, 3.05) is 6.61 Å². The first-order valence-corrected chi connectivity index (χ1v) is 6.95. The molecule has 0 bridgehead atoms. The molecule has 3 N–H and O–H groups in total. The van der Waals surface area contributed by atoms with E-state index in [2.05, 4.69) is 0 Å². The molecule has 0 amide bonds. The van der Waals surface area contributed by atoms with Gasteiger partial charge in [0.25, 0.3) is 0 Å². The molecular weight excluding hydrogens is 269 g/mol. The van der Waals surface area contributed by atoms with Crippen molar-refractivity contribution in [3.8, 4) is 11.5 Å². The van der Waals surface area contributed by atoms with Gasteiger partial charge in [-0.25, -0.2) is 4.39 Å². The molecule has 0 aliphatic carbocycles. The molecule has 0 saturated carbocycles. The molecular formula is C17H20FNO2. The van der Waals surface area contributed by atoms with Crippen LogP contribution in [0.2, 0.25) is 0 Å². The number of hydrogen-bond acceptors (Lipinski definition) is 3. The number of benzene rings is 2. The molecule has 3 nitrogen and oxygen atoms in total. The SMILES string of the molecule is Cc1cc(Oc2ccccc2CCO)c(C(C)N)cc1F. The molecule has 1 atom stereocenters. The van der Waals surface area contributed by atoms with E-state index in [0.29, 0.717) is 29.0 Å². The van der Waals surface area contributed by atoms with Crippen LogP contribution in [0, 0.1) is 12.7 Å². The van der Waals surface area contributed by atoms with Gasteiger partial charge in [0.15, 0.2) is 0 Å². The van der Waals surface area contributed by atoms with Crippen molar-refractivity contribution in [3.05, 3.63) is 58.9 Å². The highest BCUT2D eigenvalue weighted by Crippen LogP contribution is 2.32. The molecule has 0 radical (unpaired) electrons. The second kappa shape index (κ2) is 6.70. The van der Waals surface area contributed by atoms with Crippen molar-refractivity contribution in [3.63, 3.8) is 0 Å². The maximum absolute atomic E-state index is 13.7. The second-order valence-corrected chi connectivity index (χ2v) is 5.11. The summed E-state index contributed by atoms with van der Waals surface area (Å²) in [7, 11) is 0. The monoisotopic (exact) mass is 289 g/mol. The van der Waals surface area contributed by atoms with E-state index in [1.54, 1.807) is 19.9 Å². The molecule has 0 aliphatic rings. The molecule has 0 fully saturated rings. The average Bonchev–Trinajstić information content (AvgIpc) is 2.44. The summed E-state index contributed by atoms with van der Waals surface area (Å²) in [4.78, 5) is 0. The fourth-order valence-corrected chi connectivity index (χ4v) is 2.16. The lowest BCUT2D eigenvalue weighted by Crippen LogP contribution is -2.08. The van der Waals surface area contributed by atoms with E-state index < -0.39 is 0 Å². The summed E-state index contributed by atoms with van der Waals surface area (Å²) in [6, 6.07) is 10.2. The van der Waals surface area contributed by atoms with Crippen molar-refractivity contribution >= 4 is 0 Å². The van der Waals surface area contributed by atoms with E-state index in [1.807, 2.05) is 24.3 Å². The number of rotatable bonds is 5. The van der Waals surface area contributed by atoms with Crippen LogP contribution in [0.4, 0.5) is 4.39 Å². The Bertz CT molecular complexity index is 626. The fourth-order valence-electron chi connectivity index (χ4n) is 2.16. The van der Waals surface area contributed by atoms with Crippen LogP contribution in [0.3, 0.4) is 0 Å². The molecule has 112 valence electrons. The van der Waals surface area contributed by atoms with E-state index in [4.69, 9.17) is 15.6 Å². The van der Waals surface area contributed by atoms with Gasteiger partial charge in [0.1, 0.15) is 17.3 Å². The van der Waals surface area contributed by atoms with Crippen molar-refractivity contribution in [1.29, 1.82) is 0 Å². The first kappa shape index (κ1) is 15.5. The lowest BCUT2D eigenvalue weighted by atomic mass is 10.0. The van der Waals surface area contributed by atoms with Crippen molar-refractivity contribution in [1.82, 2.24) is 0 Å². The second-order valence-electron chi connectivity index (χ2n) is 5.11. The number of ether oxygens (including phenoxy) is 1. The number of para-hydroxylation sites is 1. The summed E-state index contributed by atoms with van der Waals surface area (Å²) in [5.74, 6) is 0.909. The van der Waals surface area contributed by atoms with Gasteiger partial charge in [-0.05, 0) is 49.6 Å². The van der Waals surface area contributed by atoms with Gasteiger partial charge in [0.2, 0.25) is 0 Å². The van der Waals surface area contributed by atoms with Crippen molar-refractivity contribution in [2.45, 2.75) is 26.3 Å². The first-order valence-electron chi connectivity index (χ1n) is 6.95. The molecule has 2 aromatic carbocycles. The minimum atomic E-state index is -0.333. The molecule has 0 spiro atoms. The number of aryl methyl sites for hydroxylation is 1. The summed E-state index contributed by atoms with van der Waals surface area (Å²) in [6.07, 6.45) is 0.504. The maximum Gasteiger partial charge on any atom is 0.132 e. The normalized spacial score (nSPS) is 12.2. The largest absolute Gasteiger partial charge is 0.457 e. The number of nitrogens with two attached hydrogens (primary N) is 1. The van der Waals surface area contributed by atoms with Crippen LogP contribution in [0.5, 0.6) is 11.5 Å². The van der Waals surface area contributed by atoms with Gasteiger partial charge in [-0.15, -0.1) is 0 Å². The summed E-state index contributed by atoms with van der Waals surface area (Å²) in [6.45, 7) is 3.52. The zero-order valence-corrected chi connectivity index (χ0v) is 12.3. The molecule has 2 rings (SSSR count). The van der Waals surface area contributed by atoms with Crippen LogP contribution in [0.15, 0.2) is 36.4 Å². The highest BCUT2D eigenvalue weighted by atomic mass is 19.1. The van der Waals surface area contributed by atoms with Gasteiger partial charge >= 0.3 is 0 Å². The van der Waals surface area contributed by atoms with Gasteiger partial charge in [0, 0.05) is 18.2 Å². The molecule has 0 aromatic heterocycles. The van der Waals surface area contributed by atoms with Gasteiger partial charge in [0.05, 0.1) is 0 Å². The van der Waals surface area contributed by atoms with Crippen LogP contribution in [0.1, 0.15) is 29.7 Å². The Labute approximate surface area is 124 Å². The van der Waals surface area contributed by atoms with Crippen LogP contribution >= 0.6 is 0 Å². The van der Waals surface area contributed by atoms with Crippen molar-refractivity contribution in [2.24, 2.45) is 5.73 Å². The molecule has 0 heterocycles. The summed E-state index contributed by atoms with van der Waals surface area (Å²) in [5.41, 5.74) is 7.93. The summed E-state index contributed by atoms with van der Waals surface area (Å²) < 4.78 is 19.6. The zero-order valence-electron chi connectivity index (χ0n) is 12.3. The van der Waals surface area contributed by atoms with Gasteiger partial charge in [-0.1, -0.05) is 18.2 Å². The van der Waals surface area contributed by atoms with Gasteiger partial charge in [-0.2, -0.15) is 0 Å². The predicted octanol–water partition coefficient (Wildman–Crippen LogP) is 3.48.